The van der Waals surface area contributed by atoms with Crippen LogP contribution in [0.3, 0.4) is 0 Å². The van der Waals surface area contributed by atoms with Gasteiger partial charge < -0.3 is 9.64 Å². The number of ether oxygens (including phenoxy) is 1. The molecule has 1 amide bonds. The lowest BCUT2D eigenvalue weighted by Crippen LogP contribution is -2.36. The van der Waals surface area contributed by atoms with Crippen molar-refractivity contribution in [2.45, 2.75) is 20.3 Å². The lowest BCUT2D eigenvalue weighted by atomic mass is 10.2. The number of hydrogen-bond acceptors (Lipinski definition) is 4. The second-order valence-electron chi connectivity index (χ2n) is 4.83. The summed E-state index contributed by atoms with van der Waals surface area (Å²) in [7, 11) is 1.34. The van der Waals surface area contributed by atoms with Gasteiger partial charge in [0, 0.05) is 23.8 Å². The zero-order valence-electron chi connectivity index (χ0n) is 11.9. The molecule has 0 unspecified atom stereocenters. The molecule has 1 heterocycles. The summed E-state index contributed by atoms with van der Waals surface area (Å²) in [5.41, 5.74) is 0.374. The van der Waals surface area contributed by atoms with E-state index in [-0.39, 0.29) is 18.3 Å². The normalized spacial score (nSPS) is 10.4. The summed E-state index contributed by atoms with van der Waals surface area (Å²) in [6, 6.07) is 3.44. The molecule has 0 saturated carbocycles. The van der Waals surface area contributed by atoms with E-state index in [9.17, 15) is 9.59 Å². The van der Waals surface area contributed by atoms with Gasteiger partial charge in [-0.05, 0) is 34.0 Å². The molecule has 0 fully saturated rings. The van der Waals surface area contributed by atoms with Crippen LogP contribution >= 0.6 is 15.9 Å². The van der Waals surface area contributed by atoms with Crippen molar-refractivity contribution in [1.82, 2.24) is 9.88 Å². The summed E-state index contributed by atoms with van der Waals surface area (Å²) in [6.07, 6.45) is 1.77. The molecule has 20 heavy (non-hydrogen) atoms. The van der Waals surface area contributed by atoms with Crippen molar-refractivity contribution in [2.24, 2.45) is 5.92 Å². The highest BCUT2D eigenvalue weighted by Gasteiger charge is 2.19. The number of amides is 1. The van der Waals surface area contributed by atoms with Crippen LogP contribution < -0.4 is 0 Å². The van der Waals surface area contributed by atoms with Gasteiger partial charge in [0.2, 0.25) is 0 Å². The number of hydrogen-bond donors (Lipinski definition) is 0. The Morgan fingerprint density at radius 3 is 2.60 bits per heavy atom. The monoisotopic (exact) mass is 342 g/mol. The molecule has 0 aromatic carbocycles. The van der Waals surface area contributed by atoms with Crippen LogP contribution in [0.1, 0.15) is 30.8 Å². The first-order valence-electron chi connectivity index (χ1n) is 6.41. The van der Waals surface area contributed by atoms with Gasteiger partial charge in [0.05, 0.1) is 13.5 Å². The highest BCUT2D eigenvalue weighted by atomic mass is 79.9. The molecule has 0 radical (unpaired) electrons. The van der Waals surface area contributed by atoms with Crippen LogP contribution in [0.5, 0.6) is 0 Å². The number of rotatable bonds is 6. The van der Waals surface area contributed by atoms with Crippen LogP contribution in [-0.4, -0.2) is 42.0 Å². The summed E-state index contributed by atoms with van der Waals surface area (Å²) in [5.74, 6) is -0.183. The van der Waals surface area contributed by atoms with E-state index in [1.54, 1.807) is 23.2 Å². The standard InChI is InChI=1S/C14H19BrN2O3/c1-10(2)9-17(7-6-13(18)20-3)14(19)12-5-4-11(15)8-16-12/h4-5,8,10H,6-7,9H2,1-3H3. The van der Waals surface area contributed by atoms with Crippen molar-refractivity contribution >= 4 is 27.8 Å². The van der Waals surface area contributed by atoms with Gasteiger partial charge in [0.15, 0.2) is 0 Å². The lowest BCUT2D eigenvalue weighted by Gasteiger charge is -2.23. The maximum Gasteiger partial charge on any atom is 0.307 e. The molecule has 6 heteroatoms. The van der Waals surface area contributed by atoms with Crippen molar-refractivity contribution in [3.8, 4) is 0 Å². The third-order valence-corrected chi connectivity index (χ3v) is 3.10. The molecule has 1 aromatic heterocycles. The molecule has 0 aliphatic rings. The van der Waals surface area contributed by atoms with Crippen LogP contribution in [0.25, 0.3) is 0 Å². The topological polar surface area (TPSA) is 59.5 Å². The van der Waals surface area contributed by atoms with Gasteiger partial charge in [0.1, 0.15) is 5.69 Å². The Morgan fingerprint density at radius 2 is 2.10 bits per heavy atom. The van der Waals surface area contributed by atoms with E-state index in [4.69, 9.17) is 0 Å². The Balaban J connectivity index is 2.78. The lowest BCUT2D eigenvalue weighted by molar-refractivity contribution is -0.140. The molecule has 110 valence electrons. The van der Waals surface area contributed by atoms with Crippen LogP contribution in [0.2, 0.25) is 0 Å². The minimum Gasteiger partial charge on any atom is -0.469 e. The first-order valence-corrected chi connectivity index (χ1v) is 7.21. The SMILES string of the molecule is COC(=O)CCN(CC(C)C)C(=O)c1ccc(Br)cn1. The van der Waals surface area contributed by atoms with Gasteiger partial charge in [-0.25, -0.2) is 4.98 Å². The average molecular weight is 343 g/mol. The molecular formula is C14H19BrN2O3. The van der Waals surface area contributed by atoms with Crippen LogP contribution in [0.15, 0.2) is 22.8 Å². The fourth-order valence-corrected chi connectivity index (χ4v) is 1.94. The first kappa shape index (κ1) is 16.6. The van der Waals surface area contributed by atoms with Gasteiger partial charge in [-0.2, -0.15) is 0 Å². The Morgan fingerprint density at radius 1 is 1.40 bits per heavy atom. The van der Waals surface area contributed by atoms with E-state index in [2.05, 4.69) is 25.7 Å². The molecule has 0 bridgehead atoms. The number of esters is 1. The zero-order chi connectivity index (χ0) is 15.1. The number of carbonyl (C=O) groups is 2. The van der Waals surface area contributed by atoms with Gasteiger partial charge in [-0.3, -0.25) is 9.59 Å². The maximum absolute atomic E-state index is 12.4. The summed E-state index contributed by atoms with van der Waals surface area (Å²) in [5, 5.41) is 0. The minimum atomic E-state index is -0.324. The van der Waals surface area contributed by atoms with E-state index in [0.717, 1.165) is 4.47 Å². The fourth-order valence-electron chi connectivity index (χ4n) is 1.71. The minimum absolute atomic E-state index is 0.171. The van der Waals surface area contributed by atoms with E-state index in [0.29, 0.717) is 24.7 Å². The third-order valence-electron chi connectivity index (χ3n) is 2.63. The van der Waals surface area contributed by atoms with Crippen LogP contribution in [-0.2, 0) is 9.53 Å². The van der Waals surface area contributed by atoms with Gasteiger partial charge in [-0.1, -0.05) is 13.8 Å². The first-order chi connectivity index (χ1) is 9.43. The summed E-state index contributed by atoms with van der Waals surface area (Å²) in [6.45, 7) is 4.95. The molecule has 1 aromatic rings. The Kier molecular flexibility index (Phi) is 6.64. The number of methoxy groups -OCH3 is 1. The quantitative estimate of drug-likeness (QED) is 0.745. The number of nitrogens with zero attached hydrogens (tertiary/aromatic N) is 2. The molecule has 5 nitrogen and oxygen atoms in total. The second-order valence-corrected chi connectivity index (χ2v) is 5.75. The van der Waals surface area contributed by atoms with Gasteiger partial charge in [0.25, 0.3) is 5.91 Å². The van der Waals surface area contributed by atoms with Crippen LogP contribution in [0.4, 0.5) is 0 Å². The number of halogens is 1. The largest absolute Gasteiger partial charge is 0.469 e. The predicted molar refractivity (Wildman–Crippen MR) is 79.3 cm³/mol. The second kappa shape index (κ2) is 7.99. The summed E-state index contributed by atoms with van der Waals surface area (Å²) >= 11 is 3.28. The average Bonchev–Trinajstić information content (AvgIpc) is 2.42. The molecule has 1 rings (SSSR count). The van der Waals surface area contributed by atoms with Crippen molar-refractivity contribution in [1.29, 1.82) is 0 Å². The Bertz CT molecular complexity index is 460. The van der Waals surface area contributed by atoms with E-state index >= 15 is 0 Å². The molecule has 0 aliphatic carbocycles. The maximum atomic E-state index is 12.4. The third kappa shape index (κ3) is 5.28. The smallest absolute Gasteiger partial charge is 0.307 e. The molecule has 0 atom stereocenters. The summed E-state index contributed by atoms with van der Waals surface area (Å²) < 4.78 is 5.43. The number of carbonyl (C=O) groups excluding carboxylic acids is 2. The van der Waals surface area contributed by atoms with Crippen molar-refractivity contribution < 1.29 is 14.3 Å². The molecule has 0 aliphatic heterocycles. The number of pyridine rings is 1. The van der Waals surface area contributed by atoms with Gasteiger partial charge in [-0.15, -0.1) is 0 Å². The molecule has 0 spiro atoms. The van der Waals surface area contributed by atoms with E-state index < -0.39 is 0 Å². The van der Waals surface area contributed by atoms with Gasteiger partial charge >= 0.3 is 5.97 Å². The van der Waals surface area contributed by atoms with Crippen molar-refractivity contribution in [2.75, 3.05) is 20.2 Å². The highest BCUT2D eigenvalue weighted by molar-refractivity contribution is 9.10. The van der Waals surface area contributed by atoms with E-state index in [1.165, 1.54) is 7.11 Å². The molecule has 0 N–H and O–H groups in total. The fraction of sp³-hybridized carbons (Fsp3) is 0.500. The predicted octanol–water partition coefficient (Wildman–Crippen LogP) is 2.51. The molecular weight excluding hydrogens is 324 g/mol. The Hall–Kier alpha value is -1.43. The summed E-state index contributed by atoms with van der Waals surface area (Å²) in [4.78, 5) is 29.3. The van der Waals surface area contributed by atoms with Crippen molar-refractivity contribution in [3.63, 3.8) is 0 Å². The van der Waals surface area contributed by atoms with E-state index in [1.807, 2.05) is 13.8 Å². The molecule has 0 saturated heterocycles. The number of aromatic nitrogens is 1. The highest BCUT2D eigenvalue weighted by Crippen LogP contribution is 2.11. The van der Waals surface area contributed by atoms with Crippen LogP contribution in [0, 0.1) is 5.92 Å². The Labute approximate surface area is 127 Å². The van der Waals surface area contributed by atoms with Crippen molar-refractivity contribution in [3.05, 3.63) is 28.5 Å². The zero-order valence-corrected chi connectivity index (χ0v) is 13.5.